The Labute approximate surface area is 147 Å². The minimum Gasteiger partial charge on any atom is -0.476 e. The van der Waals surface area contributed by atoms with E-state index in [1.54, 1.807) is 23.1 Å². The van der Waals surface area contributed by atoms with Crippen molar-refractivity contribution in [3.8, 4) is 0 Å². The third kappa shape index (κ3) is 3.43. The molecule has 1 aliphatic rings. The Kier molecular flexibility index (Phi) is 4.74. The Hall–Kier alpha value is -3.56. The van der Waals surface area contributed by atoms with E-state index in [0.29, 0.717) is 31.9 Å². The van der Waals surface area contributed by atoms with E-state index in [2.05, 4.69) is 9.97 Å². The van der Waals surface area contributed by atoms with Crippen molar-refractivity contribution in [3.05, 3.63) is 58.2 Å². The first-order valence-corrected chi connectivity index (χ1v) is 7.80. The SMILES string of the molecule is O=C(O)c1cnc(C(=O)N2CCN(c3ccccc3[N+](=O)[O-])CC2)cn1. The molecule has 0 spiro atoms. The fourth-order valence-corrected chi connectivity index (χ4v) is 2.75. The Morgan fingerprint density at radius 3 is 2.23 bits per heavy atom. The Morgan fingerprint density at radius 1 is 1.04 bits per heavy atom. The van der Waals surface area contributed by atoms with Crippen LogP contribution in [0.25, 0.3) is 0 Å². The van der Waals surface area contributed by atoms with E-state index in [4.69, 9.17) is 5.11 Å². The molecule has 1 saturated heterocycles. The molecular weight excluding hydrogens is 342 g/mol. The molecule has 1 aromatic heterocycles. The molecule has 2 aromatic rings. The molecule has 1 N–H and O–H groups in total. The lowest BCUT2D eigenvalue weighted by molar-refractivity contribution is -0.384. The monoisotopic (exact) mass is 357 g/mol. The zero-order valence-corrected chi connectivity index (χ0v) is 13.6. The first kappa shape index (κ1) is 17.3. The van der Waals surface area contributed by atoms with E-state index in [0.717, 1.165) is 12.4 Å². The van der Waals surface area contributed by atoms with Gasteiger partial charge in [-0.2, -0.15) is 0 Å². The van der Waals surface area contributed by atoms with Gasteiger partial charge in [0, 0.05) is 32.2 Å². The van der Waals surface area contributed by atoms with E-state index >= 15 is 0 Å². The van der Waals surface area contributed by atoms with Crippen molar-refractivity contribution in [1.29, 1.82) is 0 Å². The second-order valence-corrected chi connectivity index (χ2v) is 5.62. The van der Waals surface area contributed by atoms with Crippen molar-refractivity contribution in [3.63, 3.8) is 0 Å². The summed E-state index contributed by atoms with van der Waals surface area (Å²) < 4.78 is 0. The fraction of sp³-hybridized carbons (Fsp3) is 0.250. The summed E-state index contributed by atoms with van der Waals surface area (Å²) in [4.78, 5) is 44.9. The average molecular weight is 357 g/mol. The number of carboxylic acid groups (broad SMARTS) is 1. The molecule has 1 aliphatic heterocycles. The molecule has 1 aromatic carbocycles. The van der Waals surface area contributed by atoms with Gasteiger partial charge in [0.2, 0.25) is 0 Å². The summed E-state index contributed by atoms with van der Waals surface area (Å²) in [7, 11) is 0. The number of aromatic nitrogens is 2. The lowest BCUT2D eigenvalue weighted by atomic mass is 10.2. The average Bonchev–Trinajstić information content (AvgIpc) is 2.67. The number of nitro groups is 1. The van der Waals surface area contributed by atoms with Gasteiger partial charge in [-0.3, -0.25) is 14.9 Å². The predicted octanol–water partition coefficient (Wildman–Crippen LogP) is 1.05. The number of aromatic carboxylic acids is 1. The summed E-state index contributed by atoms with van der Waals surface area (Å²) >= 11 is 0. The molecule has 10 heteroatoms. The summed E-state index contributed by atoms with van der Waals surface area (Å²) in [6.07, 6.45) is 2.18. The van der Waals surface area contributed by atoms with Gasteiger partial charge in [0.25, 0.3) is 11.6 Å². The number of nitro benzene ring substituents is 1. The number of carbonyl (C=O) groups excluding carboxylic acids is 1. The van der Waals surface area contributed by atoms with Crippen LogP contribution >= 0.6 is 0 Å². The number of para-hydroxylation sites is 2. The fourth-order valence-electron chi connectivity index (χ4n) is 2.75. The molecule has 1 fully saturated rings. The topological polar surface area (TPSA) is 130 Å². The number of carboxylic acids is 1. The standard InChI is InChI=1S/C16H15N5O5/c22-15(11-9-18-12(10-17-11)16(23)24)20-7-5-19(6-8-20)13-3-1-2-4-14(13)21(25)26/h1-4,9-10H,5-8H2,(H,23,24). The normalized spacial score (nSPS) is 14.2. The van der Waals surface area contributed by atoms with Crippen LogP contribution in [0.15, 0.2) is 36.7 Å². The van der Waals surface area contributed by atoms with Crippen LogP contribution in [-0.2, 0) is 0 Å². The maximum atomic E-state index is 12.4. The largest absolute Gasteiger partial charge is 0.476 e. The summed E-state index contributed by atoms with van der Waals surface area (Å²) in [5.74, 6) is -1.56. The van der Waals surface area contributed by atoms with Crippen LogP contribution in [0.2, 0.25) is 0 Å². The third-order valence-corrected chi connectivity index (χ3v) is 4.08. The van der Waals surface area contributed by atoms with Gasteiger partial charge in [0.15, 0.2) is 5.69 Å². The summed E-state index contributed by atoms with van der Waals surface area (Å²) in [6.45, 7) is 1.62. The number of piperazine rings is 1. The van der Waals surface area contributed by atoms with Crippen LogP contribution < -0.4 is 4.90 Å². The smallest absolute Gasteiger partial charge is 0.356 e. The molecular formula is C16H15N5O5. The van der Waals surface area contributed by atoms with E-state index in [-0.39, 0.29) is 23.0 Å². The minimum atomic E-state index is -1.21. The first-order chi connectivity index (χ1) is 12.5. The van der Waals surface area contributed by atoms with Gasteiger partial charge in [0.05, 0.1) is 17.3 Å². The predicted molar refractivity (Wildman–Crippen MR) is 90.2 cm³/mol. The van der Waals surface area contributed by atoms with E-state index in [1.165, 1.54) is 6.07 Å². The van der Waals surface area contributed by atoms with Crippen LogP contribution in [0.4, 0.5) is 11.4 Å². The van der Waals surface area contributed by atoms with Crippen molar-refractivity contribution in [2.24, 2.45) is 0 Å². The van der Waals surface area contributed by atoms with Crippen LogP contribution in [0.3, 0.4) is 0 Å². The second kappa shape index (κ2) is 7.13. The second-order valence-electron chi connectivity index (χ2n) is 5.62. The van der Waals surface area contributed by atoms with Gasteiger partial charge < -0.3 is 14.9 Å². The number of amides is 1. The molecule has 0 bridgehead atoms. The minimum absolute atomic E-state index is 0.0300. The highest BCUT2D eigenvalue weighted by molar-refractivity contribution is 5.93. The summed E-state index contributed by atoms with van der Waals surface area (Å²) in [5, 5.41) is 20.0. The van der Waals surface area contributed by atoms with Crippen molar-refractivity contribution < 1.29 is 19.6 Å². The highest BCUT2D eigenvalue weighted by Gasteiger charge is 2.26. The number of anilines is 1. The van der Waals surface area contributed by atoms with Crippen LogP contribution in [-0.4, -0.2) is 63.0 Å². The molecule has 2 heterocycles. The molecule has 1 amide bonds. The Morgan fingerprint density at radius 2 is 1.65 bits per heavy atom. The highest BCUT2D eigenvalue weighted by atomic mass is 16.6. The maximum Gasteiger partial charge on any atom is 0.356 e. The van der Waals surface area contributed by atoms with E-state index < -0.39 is 10.9 Å². The number of rotatable bonds is 4. The summed E-state index contributed by atoms with van der Waals surface area (Å²) in [5.41, 5.74) is 0.384. The highest BCUT2D eigenvalue weighted by Crippen LogP contribution is 2.28. The van der Waals surface area contributed by atoms with Gasteiger partial charge in [-0.05, 0) is 6.07 Å². The molecule has 0 saturated carbocycles. The third-order valence-electron chi connectivity index (χ3n) is 4.08. The Bertz CT molecular complexity index is 846. The molecule has 26 heavy (non-hydrogen) atoms. The molecule has 134 valence electrons. The van der Waals surface area contributed by atoms with E-state index in [1.807, 2.05) is 4.90 Å². The molecule has 0 radical (unpaired) electrons. The van der Waals surface area contributed by atoms with Crippen molar-refractivity contribution in [1.82, 2.24) is 14.9 Å². The number of nitrogens with zero attached hydrogens (tertiary/aromatic N) is 5. The van der Waals surface area contributed by atoms with Gasteiger partial charge in [-0.1, -0.05) is 12.1 Å². The van der Waals surface area contributed by atoms with Gasteiger partial charge in [0.1, 0.15) is 11.4 Å². The lowest BCUT2D eigenvalue weighted by Crippen LogP contribution is -2.49. The molecule has 10 nitrogen and oxygen atoms in total. The van der Waals surface area contributed by atoms with Gasteiger partial charge in [-0.25, -0.2) is 14.8 Å². The van der Waals surface area contributed by atoms with Gasteiger partial charge >= 0.3 is 5.97 Å². The number of hydrogen-bond donors (Lipinski definition) is 1. The zero-order chi connectivity index (χ0) is 18.7. The quantitative estimate of drug-likeness (QED) is 0.635. The Balaban J connectivity index is 1.68. The van der Waals surface area contributed by atoms with Crippen LogP contribution in [0.1, 0.15) is 21.0 Å². The molecule has 0 unspecified atom stereocenters. The van der Waals surface area contributed by atoms with Crippen LogP contribution in [0, 0.1) is 10.1 Å². The summed E-state index contributed by atoms with van der Waals surface area (Å²) in [6, 6.07) is 6.48. The van der Waals surface area contributed by atoms with Crippen molar-refractivity contribution in [2.75, 3.05) is 31.1 Å². The van der Waals surface area contributed by atoms with Crippen molar-refractivity contribution >= 4 is 23.3 Å². The lowest BCUT2D eigenvalue weighted by Gasteiger charge is -2.35. The molecule has 0 aliphatic carbocycles. The van der Waals surface area contributed by atoms with Crippen LogP contribution in [0.5, 0.6) is 0 Å². The molecule has 3 rings (SSSR count). The maximum absolute atomic E-state index is 12.4. The number of hydrogen-bond acceptors (Lipinski definition) is 7. The van der Waals surface area contributed by atoms with Crippen molar-refractivity contribution in [2.45, 2.75) is 0 Å². The van der Waals surface area contributed by atoms with E-state index in [9.17, 15) is 19.7 Å². The molecule has 0 atom stereocenters. The number of carbonyl (C=O) groups is 2. The number of benzene rings is 1. The first-order valence-electron chi connectivity index (χ1n) is 7.80. The zero-order valence-electron chi connectivity index (χ0n) is 13.6. The van der Waals surface area contributed by atoms with Gasteiger partial charge in [-0.15, -0.1) is 0 Å².